The van der Waals surface area contributed by atoms with Gasteiger partial charge in [0, 0.05) is 31.4 Å². The quantitative estimate of drug-likeness (QED) is 0.314. The first-order chi connectivity index (χ1) is 17.6. The van der Waals surface area contributed by atoms with Crippen molar-refractivity contribution in [2.24, 2.45) is 23.2 Å². The standard InChI is InChI=1S/C31H38N4O/c1-21-5-2-3-6-25(21)20-32-11-12-33-29-10-9-26-27(34-29)7-4-8-28(26)35-30(36)19-31-16-22-13-23(17-31)15-24(14-22)18-31/h2-10,22-24,32H,11-20H2,1H3,(H,33,34)(H,35,36). The number of carbonyl (C=O) groups excluding carboxylic acids is 1. The smallest absolute Gasteiger partial charge is 0.224 e. The second kappa shape index (κ2) is 9.85. The van der Waals surface area contributed by atoms with E-state index in [1.165, 1.54) is 49.7 Å². The largest absolute Gasteiger partial charge is 0.369 e. The van der Waals surface area contributed by atoms with Crippen LogP contribution in [0.1, 0.15) is 56.1 Å². The van der Waals surface area contributed by atoms with Gasteiger partial charge in [0.2, 0.25) is 5.91 Å². The fourth-order valence-corrected chi connectivity index (χ4v) is 7.71. The number of pyridine rings is 1. The number of carbonyl (C=O) groups is 1. The summed E-state index contributed by atoms with van der Waals surface area (Å²) < 4.78 is 0. The Morgan fingerprint density at radius 2 is 1.67 bits per heavy atom. The van der Waals surface area contributed by atoms with E-state index in [1.807, 2.05) is 24.3 Å². The van der Waals surface area contributed by atoms with Crippen LogP contribution < -0.4 is 16.0 Å². The molecule has 1 amide bonds. The van der Waals surface area contributed by atoms with E-state index >= 15 is 0 Å². The summed E-state index contributed by atoms with van der Waals surface area (Å²) in [6, 6.07) is 18.6. The fraction of sp³-hybridized carbons (Fsp3) is 0.484. The number of fused-ring (bicyclic) bond motifs is 1. The van der Waals surface area contributed by atoms with E-state index in [1.54, 1.807) is 0 Å². The number of rotatable bonds is 9. The number of benzene rings is 2. The van der Waals surface area contributed by atoms with Crippen molar-refractivity contribution in [2.45, 2.75) is 58.4 Å². The second-order valence-electron chi connectivity index (χ2n) is 11.7. The van der Waals surface area contributed by atoms with Gasteiger partial charge in [-0.15, -0.1) is 0 Å². The lowest BCUT2D eigenvalue weighted by molar-refractivity contribution is -0.124. The van der Waals surface area contributed by atoms with E-state index in [0.717, 1.165) is 59.8 Å². The summed E-state index contributed by atoms with van der Waals surface area (Å²) in [4.78, 5) is 18.0. The van der Waals surface area contributed by atoms with Crippen LogP contribution in [0.15, 0.2) is 54.6 Å². The molecule has 1 aromatic heterocycles. The van der Waals surface area contributed by atoms with E-state index in [9.17, 15) is 4.79 Å². The highest BCUT2D eigenvalue weighted by Crippen LogP contribution is 2.61. The van der Waals surface area contributed by atoms with Crippen molar-refractivity contribution in [2.75, 3.05) is 23.7 Å². The summed E-state index contributed by atoms with van der Waals surface area (Å²) in [7, 11) is 0. The van der Waals surface area contributed by atoms with Crippen molar-refractivity contribution < 1.29 is 4.79 Å². The molecule has 2 aromatic carbocycles. The van der Waals surface area contributed by atoms with Crippen LogP contribution in [0.2, 0.25) is 0 Å². The average Bonchev–Trinajstić information content (AvgIpc) is 2.84. The molecular weight excluding hydrogens is 444 g/mol. The van der Waals surface area contributed by atoms with Crippen LogP contribution in [0, 0.1) is 30.1 Å². The van der Waals surface area contributed by atoms with E-state index in [4.69, 9.17) is 4.98 Å². The summed E-state index contributed by atoms with van der Waals surface area (Å²) in [6.07, 6.45) is 8.70. The van der Waals surface area contributed by atoms with E-state index in [0.29, 0.717) is 6.42 Å². The molecule has 0 atom stereocenters. The van der Waals surface area contributed by atoms with Gasteiger partial charge in [-0.05, 0) is 104 Å². The summed E-state index contributed by atoms with van der Waals surface area (Å²) in [5.41, 5.74) is 4.68. The van der Waals surface area contributed by atoms with Gasteiger partial charge < -0.3 is 16.0 Å². The molecule has 0 unspecified atom stereocenters. The monoisotopic (exact) mass is 482 g/mol. The van der Waals surface area contributed by atoms with Gasteiger partial charge in [-0.25, -0.2) is 4.98 Å². The fourth-order valence-electron chi connectivity index (χ4n) is 7.71. The Labute approximate surface area is 214 Å². The van der Waals surface area contributed by atoms with Gasteiger partial charge in [0.05, 0.1) is 11.2 Å². The highest BCUT2D eigenvalue weighted by molar-refractivity contribution is 6.01. The molecule has 4 saturated carbocycles. The zero-order valence-electron chi connectivity index (χ0n) is 21.4. The summed E-state index contributed by atoms with van der Waals surface area (Å²) in [5, 5.41) is 11.2. The van der Waals surface area contributed by atoms with Crippen LogP contribution in [-0.4, -0.2) is 24.0 Å². The molecule has 4 fully saturated rings. The van der Waals surface area contributed by atoms with Gasteiger partial charge >= 0.3 is 0 Å². The predicted molar refractivity (Wildman–Crippen MR) is 147 cm³/mol. The minimum Gasteiger partial charge on any atom is -0.369 e. The van der Waals surface area contributed by atoms with Gasteiger partial charge in [0.25, 0.3) is 0 Å². The maximum absolute atomic E-state index is 13.2. The molecule has 7 rings (SSSR count). The Kier molecular flexibility index (Phi) is 6.43. The highest BCUT2D eigenvalue weighted by Gasteiger charge is 2.51. The third kappa shape index (κ3) is 4.99. The van der Waals surface area contributed by atoms with Gasteiger partial charge in [0.15, 0.2) is 0 Å². The number of hydrogen-bond acceptors (Lipinski definition) is 4. The molecule has 3 aromatic rings. The zero-order valence-corrected chi connectivity index (χ0v) is 21.4. The molecule has 3 N–H and O–H groups in total. The second-order valence-corrected chi connectivity index (χ2v) is 11.7. The Morgan fingerprint density at radius 3 is 2.42 bits per heavy atom. The van der Waals surface area contributed by atoms with E-state index in [2.05, 4.69) is 53.2 Å². The van der Waals surface area contributed by atoms with Gasteiger partial charge in [-0.1, -0.05) is 30.3 Å². The molecule has 0 saturated heterocycles. The number of nitrogens with zero attached hydrogens (tertiary/aromatic N) is 1. The topological polar surface area (TPSA) is 66.0 Å². The minimum absolute atomic E-state index is 0.173. The van der Waals surface area contributed by atoms with Crippen LogP contribution in [0.3, 0.4) is 0 Å². The Morgan fingerprint density at radius 1 is 0.917 bits per heavy atom. The Balaban J connectivity index is 1.04. The van der Waals surface area contributed by atoms with Crippen molar-refractivity contribution >= 4 is 28.3 Å². The zero-order chi connectivity index (χ0) is 24.5. The minimum atomic E-state index is 0.173. The molecule has 4 aliphatic rings. The number of aryl methyl sites for hydroxylation is 1. The van der Waals surface area contributed by atoms with Crippen molar-refractivity contribution in [3.63, 3.8) is 0 Å². The van der Waals surface area contributed by atoms with Crippen LogP contribution >= 0.6 is 0 Å². The Bertz CT molecular complexity index is 1220. The molecule has 36 heavy (non-hydrogen) atoms. The molecule has 0 radical (unpaired) electrons. The van der Waals surface area contributed by atoms with Gasteiger partial charge in [-0.3, -0.25) is 4.79 Å². The van der Waals surface area contributed by atoms with Crippen LogP contribution in [-0.2, 0) is 11.3 Å². The molecule has 188 valence electrons. The Hall–Kier alpha value is -2.92. The summed E-state index contributed by atoms with van der Waals surface area (Å²) >= 11 is 0. The molecular formula is C31H38N4O. The molecule has 5 nitrogen and oxygen atoms in total. The van der Waals surface area contributed by atoms with Gasteiger partial charge in [-0.2, -0.15) is 0 Å². The maximum Gasteiger partial charge on any atom is 0.224 e. The van der Waals surface area contributed by atoms with Crippen LogP contribution in [0.5, 0.6) is 0 Å². The predicted octanol–water partition coefficient (Wildman–Crippen LogP) is 6.29. The molecule has 4 bridgehead atoms. The van der Waals surface area contributed by atoms with Crippen LogP contribution in [0.4, 0.5) is 11.5 Å². The summed E-state index contributed by atoms with van der Waals surface area (Å²) in [6.45, 7) is 4.67. The highest BCUT2D eigenvalue weighted by atomic mass is 16.1. The normalized spacial score (nSPS) is 26.3. The number of nitrogens with one attached hydrogen (secondary N) is 3. The lowest BCUT2D eigenvalue weighted by Gasteiger charge is -2.56. The lowest BCUT2D eigenvalue weighted by atomic mass is 9.49. The average molecular weight is 483 g/mol. The molecule has 0 spiro atoms. The van der Waals surface area contributed by atoms with Gasteiger partial charge in [0.1, 0.15) is 5.82 Å². The summed E-state index contributed by atoms with van der Waals surface area (Å²) in [5.74, 6) is 3.64. The third-order valence-electron chi connectivity index (χ3n) is 8.89. The van der Waals surface area contributed by atoms with Crippen molar-refractivity contribution in [3.8, 4) is 0 Å². The molecule has 5 heteroatoms. The van der Waals surface area contributed by atoms with Crippen molar-refractivity contribution in [1.82, 2.24) is 10.3 Å². The number of hydrogen-bond donors (Lipinski definition) is 3. The van der Waals surface area contributed by atoms with Crippen LogP contribution in [0.25, 0.3) is 10.9 Å². The molecule has 0 aliphatic heterocycles. The van der Waals surface area contributed by atoms with E-state index in [-0.39, 0.29) is 11.3 Å². The third-order valence-corrected chi connectivity index (χ3v) is 8.89. The SMILES string of the molecule is Cc1ccccc1CNCCNc1ccc2c(NC(=O)CC34CC5CC(CC(C5)C3)C4)cccc2n1. The first-order valence-electron chi connectivity index (χ1n) is 13.7. The molecule has 4 aliphatic carbocycles. The van der Waals surface area contributed by atoms with E-state index < -0.39 is 0 Å². The number of amides is 1. The first-order valence-corrected chi connectivity index (χ1v) is 13.7. The first kappa shape index (κ1) is 23.5. The number of aromatic nitrogens is 1. The lowest BCUT2D eigenvalue weighted by Crippen LogP contribution is -2.47. The van der Waals surface area contributed by atoms with Crippen molar-refractivity contribution in [1.29, 1.82) is 0 Å². The molecule has 1 heterocycles. The van der Waals surface area contributed by atoms with Crippen molar-refractivity contribution in [3.05, 3.63) is 65.7 Å². The number of anilines is 2. The maximum atomic E-state index is 13.2.